The van der Waals surface area contributed by atoms with Crippen LogP contribution < -0.4 is 48.3 Å². The predicted molar refractivity (Wildman–Crippen MR) is 267 cm³/mol. The van der Waals surface area contributed by atoms with Crippen molar-refractivity contribution in [3.8, 4) is 0 Å². The van der Waals surface area contributed by atoms with E-state index in [0.29, 0.717) is 37.8 Å². The second kappa shape index (κ2) is 32.5. The maximum absolute atomic E-state index is 14.4. The van der Waals surface area contributed by atoms with Crippen molar-refractivity contribution in [2.45, 2.75) is 174 Å². The smallest absolute Gasteiger partial charge is 0.326 e. The molecule has 0 bridgehead atoms. The van der Waals surface area contributed by atoms with Gasteiger partial charge in [0.1, 0.15) is 48.3 Å². The predicted octanol–water partition coefficient (Wildman–Crippen LogP) is -1.93. The molecule has 74 heavy (non-hydrogen) atoms. The minimum absolute atomic E-state index is 0.0199. The first-order valence-corrected chi connectivity index (χ1v) is 25.3. The van der Waals surface area contributed by atoms with E-state index in [9.17, 15) is 68.1 Å². The molecule has 1 aliphatic rings. The molecule has 14 N–H and O–H groups in total. The molecule has 1 aliphatic heterocycles. The SMILES string of the molecule is CC(=O)N[C@@H](CCCCO)C(=O)N[C@@H](CC(C)C)C(=O)N[C@@H](CCCCN)C(=O)N[C@@H](CCC(=O)O)C(=O)N1CCC[C@H]1C(=O)N[C@H](C(=O)N[C@@H](Cc1cnc[nH]1)C(=O)NCC(=O)N[C@H](C(=O)O)C(C)C)C(C)C. The van der Waals surface area contributed by atoms with Crippen molar-refractivity contribution in [3.63, 3.8) is 0 Å². The van der Waals surface area contributed by atoms with Crippen LogP contribution in [0.1, 0.15) is 125 Å². The van der Waals surface area contributed by atoms with E-state index in [-0.39, 0.29) is 57.7 Å². The first-order valence-electron chi connectivity index (χ1n) is 25.3. The Bertz CT molecular complexity index is 2050. The van der Waals surface area contributed by atoms with Crippen LogP contribution in [0.5, 0.6) is 0 Å². The number of aliphatic carboxylic acids is 2. The van der Waals surface area contributed by atoms with Gasteiger partial charge in [-0.15, -0.1) is 0 Å². The molecule has 0 saturated carbocycles. The molecule has 8 atom stereocenters. The third-order valence-electron chi connectivity index (χ3n) is 12.1. The number of aliphatic hydroxyl groups is 1. The van der Waals surface area contributed by atoms with Crippen LogP contribution in [0, 0.1) is 17.8 Å². The number of nitrogens with one attached hydrogen (secondary N) is 9. The van der Waals surface area contributed by atoms with Crippen molar-refractivity contribution in [2.75, 3.05) is 26.2 Å². The zero-order valence-corrected chi connectivity index (χ0v) is 43.6. The molecule has 1 saturated heterocycles. The number of likely N-dealkylation sites (tertiary alicyclic amines) is 1. The van der Waals surface area contributed by atoms with Crippen molar-refractivity contribution in [3.05, 3.63) is 18.2 Å². The van der Waals surface area contributed by atoms with Crippen molar-refractivity contribution in [1.82, 2.24) is 57.4 Å². The van der Waals surface area contributed by atoms with E-state index >= 15 is 0 Å². The first kappa shape index (κ1) is 63.4. The fourth-order valence-electron chi connectivity index (χ4n) is 8.18. The van der Waals surface area contributed by atoms with E-state index in [1.165, 1.54) is 24.3 Å². The van der Waals surface area contributed by atoms with Gasteiger partial charge < -0.3 is 73.5 Å². The van der Waals surface area contributed by atoms with E-state index in [1.54, 1.807) is 27.7 Å². The number of rotatable bonds is 34. The van der Waals surface area contributed by atoms with E-state index in [4.69, 9.17) is 5.73 Å². The van der Waals surface area contributed by atoms with Gasteiger partial charge in [0.15, 0.2) is 0 Å². The number of hydrogen-bond acceptors (Lipinski definition) is 14. The molecule has 2 heterocycles. The Morgan fingerprint density at radius 1 is 0.703 bits per heavy atom. The highest BCUT2D eigenvalue weighted by molar-refractivity contribution is 5.98. The number of carbonyl (C=O) groups is 11. The molecule has 9 amide bonds. The molecule has 0 unspecified atom stereocenters. The Labute approximate surface area is 431 Å². The summed E-state index contributed by atoms with van der Waals surface area (Å²) in [5, 5.41) is 49.0. The highest BCUT2D eigenvalue weighted by Gasteiger charge is 2.41. The van der Waals surface area contributed by atoms with Crippen LogP contribution in [0.3, 0.4) is 0 Å². The van der Waals surface area contributed by atoms with Gasteiger partial charge in [-0.25, -0.2) is 9.78 Å². The summed E-state index contributed by atoms with van der Waals surface area (Å²) in [5.41, 5.74) is 6.16. The fraction of sp³-hybridized carbons (Fsp3) is 0.708. The number of nitrogens with two attached hydrogens (primary N) is 1. The third-order valence-corrected chi connectivity index (χ3v) is 12.1. The van der Waals surface area contributed by atoms with Gasteiger partial charge in [0.2, 0.25) is 53.2 Å². The van der Waals surface area contributed by atoms with E-state index < -0.39 is 145 Å². The average Bonchev–Trinajstić information content (AvgIpc) is 4.04. The van der Waals surface area contributed by atoms with Crippen molar-refractivity contribution in [1.29, 1.82) is 0 Å². The van der Waals surface area contributed by atoms with Crippen molar-refractivity contribution < 1.29 is 68.1 Å². The molecule has 26 heteroatoms. The average molecular weight is 1050 g/mol. The Kier molecular flexibility index (Phi) is 27.8. The Balaban J connectivity index is 2.35. The van der Waals surface area contributed by atoms with Crippen LogP contribution in [-0.4, -0.2) is 170 Å². The van der Waals surface area contributed by atoms with Crippen molar-refractivity contribution in [2.24, 2.45) is 23.5 Å². The summed E-state index contributed by atoms with van der Waals surface area (Å²) in [4.78, 5) is 154. The lowest BCUT2D eigenvalue weighted by molar-refractivity contribution is -0.144. The Morgan fingerprint density at radius 3 is 1.82 bits per heavy atom. The number of aromatic nitrogens is 2. The summed E-state index contributed by atoms with van der Waals surface area (Å²) in [6.45, 7) is 10.9. The number of aliphatic hydroxyl groups excluding tert-OH is 1. The van der Waals surface area contributed by atoms with E-state index in [0.717, 1.165) is 0 Å². The summed E-state index contributed by atoms with van der Waals surface area (Å²) in [6, 6.07) is -10.00. The van der Waals surface area contributed by atoms with Gasteiger partial charge in [0, 0.05) is 44.8 Å². The number of carboxylic acids is 2. The molecule has 2 rings (SSSR count). The number of H-pyrrole nitrogens is 1. The van der Waals surface area contributed by atoms with Gasteiger partial charge in [0.25, 0.3) is 0 Å². The lowest BCUT2D eigenvalue weighted by Crippen LogP contribution is -2.60. The number of unbranched alkanes of at least 4 members (excludes halogenated alkanes) is 2. The quantitative estimate of drug-likeness (QED) is 0.0335. The molecule has 0 spiro atoms. The maximum atomic E-state index is 14.4. The second-order valence-electron chi connectivity index (χ2n) is 19.6. The van der Waals surface area contributed by atoms with Gasteiger partial charge in [-0.3, -0.25) is 47.9 Å². The number of carboxylic acid groups (broad SMARTS) is 2. The molecular formula is C48H80N12O14. The zero-order valence-electron chi connectivity index (χ0n) is 43.6. The Morgan fingerprint density at radius 2 is 1.28 bits per heavy atom. The summed E-state index contributed by atoms with van der Waals surface area (Å²) < 4.78 is 0. The van der Waals surface area contributed by atoms with Gasteiger partial charge >= 0.3 is 11.9 Å². The van der Waals surface area contributed by atoms with Gasteiger partial charge in [-0.05, 0) is 88.5 Å². The van der Waals surface area contributed by atoms with Gasteiger partial charge in [-0.1, -0.05) is 41.5 Å². The fourth-order valence-corrected chi connectivity index (χ4v) is 8.18. The number of hydrogen-bond donors (Lipinski definition) is 13. The summed E-state index contributed by atoms with van der Waals surface area (Å²) >= 11 is 0. The van der Waals surface area contributed by atoms with Crippen LogP contribution in [0.25, 0.3) is 0 Å². The first-order chi connectivity index (χ1) is 34.9. The zero-order chi connectivity index (χ0) is 55.7. The molecule has 1 aromatic rings. The highest BCUT2D eigenvalue weighted by Crippen LogP contribution is 2.21. The van der Waals surface area contributed by atoms with Crippen LogP contribution in [0.4, 0.5) is 0 Å². The summed E-state index contributed by atoms with van der Waals surface area (Å²) in [7, 11) is 0. The number of carbonyl (C=O) groups excluding carboxylic acids is 9. The second-order valence-corrected chi connectivity index (χ2v) is 19.6. The van der Waals surface area contributed by atoms with Crippen LogP contribution >= 0.6 is 0 Å². The summed E-state index contributed by atoms with van der Waals surface area (Å²) in [6.07, 6.45) is 4.03. The minimum Gasteiger partial charge on any atom is -0.481 e. The number of aromatic amines is 1. The number of amides is 9. The van der Waals surface area contributed by atoms with E-state index in [2.05, 4.69) is 52.5 Å². The van der Waals surface area contributed by atoms with Gasteiger partial charge in [-0.2, -0.15) is 0 Å². The van der Waals surface area contributed by atoms with Crippen molar-refractivity contribution >= 4 is 65.1 Å². The minimum atomic E-state index is -1.50. The Hall–Kier alpha value is -6.70. The van der Waals surface area contributed by atoms with E-state index in [1.807, 2.05) is 13.8 Å². The normalized spacial score (nSPS) is 16.2. The molecule has 0 radical (unpaired) electrons. The molecule has 0 aromatic carbocycles. The molecular weight excluding hydrogens is 969 g/mol. The standard InChI is InChI=1S/C48H80N12O14/c1-26(2)21-34(56-42(67)31(53-29(7)62)14-9-11-20-61)44(69)54-32(13-8-10-18-49)43(68)55-33(16-17-38(64)65)47(72)60-19-12-15-36(60)45(70)59-39(27(3)4)46(71)57-35(22-30-23-50-25-52-30)41(66)51-24-37(63)58-40(28(5)6)48(73)74/h23,25-28,31-36,39-40,61H,8-22,24,49H2,1-7H3,(H,50,52)(H,51,66)(H,53,62)(H,54,69)(H,55,68)(H,56,67)(H,57,71)(H,58,63)(H,59,70)(H,64,65)(H,73,74)/t31-,32-,33-,34-,35-,36-,39-,40-/m0/s1. The monoisotopic (exact) mass is 1050 g/mol. The largest absolute Gasteiger partial charge is 0.481 e. The lowest BCUT2D eigenvalue weighted by atomic mass is 10.0. The van der Waals surface area contributed by atoms with Gasteiger partial charge in [0.05, 0.1) is 12.9 Å². The molecule has 1 aromatic heterocycles. The maximum Gasteiger partial charge on any atom is 0.326 e. The van der Waals surface area contributed by atoms with Crippen LogP contribution in [-0.2, 0) is 59.2 Å². The van der Waals surface area contributed by atoms with Crippen LogP contribution in [0.15, 0.2) is 12.5 Å². The topological polar surface area (TPSA) is 403 Å². The lowest BCUT2D eigenvalue weighted by Gasteiger charge is -2.31. The molecule has 26 nitrogen and oxygen atoms in total. The third kappa shape index (κ3) is 22.2. The molecule has 0 aliphatic carbocycles. The highest BCUT2D eigenvalue weighted by atomic mass is 16.4. The molecule has 1 fully saturated rings. The summed E-state index contributed by atoms with van der Waals surface area (Å²) in [5.74, 6) is -10.4. The number of imidazole rings is 1. The van der Waals surface area contributed by atoms with Crippen LogP contribution in [0.2, 0.25) is 0 Å². The molecule has 416 valence electrons. The number of nitrogens with zero attached hydrogens (tertiary/aromatic N) is 2.